The fourth-order valence-corrected chi connectivity index (χ4v) is 3.05. The Bertz CT molecular complexity index is 556. The van der Waals surface area contributed by atoms with Gasteiger partial charge in [0, 0.05) is 9.75 Å². The summed E-state index contributed by atoms with van der Waals surface area (Å²) in [6.45, 7) is 2.12. The molecule has 1 atom stereocenters. The van der Waals surface area contributed by atoms with Crippen molar-refractivity contribution in [3.05, 3.63) is 56.5 Å². The molecule has 5 heteroatoms. The number of hydrazine groups is 1. The lowest BCUT2D eigenvalue weighted by Gasteiger charge is -2.14. The van der Waals surface area contributed by atoms with Gasteiger partial charge in [-0.25, -0.2) is 4.39 Å². The van der Waals surface area contributed by atoms with Gasteiger partial charge < -0.3 is 0 Å². The number of nitrogens with two attached hydrogens (primary N) is 1. The van der Waals surface area contributed by atoms with Crippen molar-refractivity contribution in [2.24, 2.45) is 5.84 Å². The second-order valence-electron chi connectivity index (χ2n) is 4.33. The summed E-state index contributed by atoms with van der Waals surface area (Å²) < 4.78 is 13.4. The molecule has 2 nitrogen and oxygen atoms in total. The van der Waals surface area contributed by atoms with Gasteiger partial charge in [-0.15, -0.1) is 11.3 Å². The van der Waals surface area contributed by atoms with E-state index in [1.807, 2.05) is 6.07 Å². The summed E-state index contributed by atoms with van der Waals surface area (Å²) in [6, 6.07) is 9.02. The van der Waals surface area contributed by atoms with Gasteiger partial charge in [-0.1, -0.05) is 24.6 Å². The summed E-state index contributed by atoms with van der Waals surface area (Å²) in [6.07, 6.45) is 1.64. The van der Waals surface area contributed by atoms with E-state index in [0.29, 0.717) is 6.42 Å². The quantitative estimate of drug-likeness (QED) is 0.650. The summed E-state index contributed by atoms with van der Waals surface area (Å²) in [7, 11) is 0. The molecule has 1 aromatic heterocycles. The molecule has 102 valence electrons. The first-order valence-electron chi connectivity index (χ1n) is 6.12. The number of hydrogen-bond acceptors (Lipinski definition) is 3. The van der Waals surface area contributed by atoms with Crippen LogP contribution in [-0.2, 0) is 12.8 Å². The number of halogens is 2. The SMILES string of the molecule is CCc1ccc(C(Cc2ccc(Cl)c(F)c2)NN)s1. The van der Waals surface area contributed by atoms with E-state index in [-0.39, 0.29) is 11.1 Å². The van der Waals surface area contributed by atoms with Gasteiger partial charge in [-0.3, -0.25) is 11.3 Å². The Kier molecular flexibility index (Phi) is 4.93. The van der Waals surface area contributed by atoms with Crippen molar-refractivity contribution in [3.8, 4) is 0 Å². The van der Waals surface area contributed by atoms with Crippen LogP contribution in [0.2, 0.25) is 5.02 Å². The lowest BCUT2D eigenvalue weighted by molar-refractivity contribution is 0.557. The van der Waals surface area contributed by atoms with Crippen molar-refractivity contribution in [2.45, 2.75) is 25.8 Å². The number of hydrogen-bond donors (Lipinski definition) is 2. The Morgan fingerprint density at radius 2 is 2.16 bits per heavy atom. The van der Waals surface area contributed by atoms with Gasteiger partial charge in [0.05, 0.1) is 11.1 Å². The van der Waals surface area contributed by atoms with E-state index >= 15 is 0 Å². The van der Waals surface area contributed by atoms with Gasteiger partial charge in [0.1, 0.15) is 5.82 Å². The molecule has 2 rings (SSSR count). The number of benzene rings is 1. The van der Waals surface area contributed by atoms with Crippen molar-refractivity contribution in [1.82, 2.24) is 5.43 Å². The fourth-order valence-electron chi connectivity index (χ4n) is 1.92. The maximum absolute atomic E-state index is 13.4. The zero-order valence-electron chi connectivity index (χ0n) is 10.6. The van der Waals surface area contributed by atoms with Crippen LogP contribution in [0.5, 0.6) is 0 Å². The highest BCUT2D eigenvalue weighted by Crippen LogP contribution is 2.27. The number of thiophene rings is 1. The van der Waals surface area contributed by atoms with E-state index in [2.05, 4.69) is 24.5 Å². The van der Waals surface area contributed by atoms with E-state index in [1.54, 1.807) is 17.4 Å². The standard InChI is InChI=1S/C14H16ClFN2S/c1-2-10-4-6-14(19-10)13(18-17)8-9-3-5-11(15)12(16)7-9/h3-7,13,18H,2,8,17H2,1H3. The molecule has 0 saturated carbocycles. The van der Waals surface area contributed by atoms with Gasteiger partial charge in [-0.2, -0.15) is 0 Å². The van der Waals surface area contributed by atoms with E-state index in [0.717, 1.165) is 16.9 Å². The predicted octanol–water partition coefficient (Wildman–Crippen LogP) is 3.85. The molecule has 2 aromatic rings. The van der Waals surface area contributed by atoms with Crippen molar-refractivity contribution >= 4 is 22.9 Å². The molecule has 1 unspecified atom stereocenters. The van der Waals surface area contributed by atoms with Crippen molar-refractivity contribution in [2.75, 3.05) is 0 Å². The molecule has 1 aromatic carbocycles. The molecule has 0 aliphatic rings. The van der Waals surface area contributed by atoms with Crippen molar-refractivity contribution in [1.29, 1.82) is 0 Å². The minimum absolute atomic E-state index is 0.00845. The third-order valence-corrected chi connectivity index (χ3v) is 4.65. The van der Waals surface area contributed by atoms with E-state index in [4.69, 9.17) is 17.4 Å². The van der Waals surface area contributed by atoms with Crippen LogP contribution in [0.15, 0.2) is 30.3 Å². The van der Waals surface area contributed by atoms with E-state index in [9.17, 15) is 4.39 Å². The average molecular weight is 299 g/mol. The van der Waals surface area contributed by atoms with Crippen LogP contribution in [0.4, 0.5) is 4.39 Å². The Labute approximate surface area is 121 Å². The highest BCUT2D eigenvalue weighted by molar-refractivity contribution is 7.12. The highest BCUT2D eigenvalue weighted by atomic mass is 35.5. The maximum atomic E-state index is 13.4. The first-order valence-corrected chi connectivity index (χ1v) is 7.32. The number of nitrogens with one attached hydrogen (secondary N) is 1. The van der Waals surface area contributed by atoms with Gasteiger partial charge in [0.25, 0.3) is 0 Å². The molecule has 0 aliphatic carbocycles. The Hall–Kier alpha value is -0.940. The maximum Gasteiger partial charge on any atom is 0.142 e. The summed E-state index contributed by atoms with van der Waals surface area (Å²) in [5.41, 5.74) is 3.66. The topological polar surface area (TPSA) is 38.0 Å². The molecule has 0 spiro atoms. The van der Waals surface area contributed by atoms with E-state index < -0.39 is 5.82 Å². The number of aryl methyl sites for hydroxylation is 1. The zero-order valence-corrected chi connectivity index (χ0v) is 12.2. The molecule has 0 radical (unpaired) electrons. The second kappa shape index (κ2) is 6.48. The van der Waals surface area contributed by atoms with Crippen LogP contribution in [0.25, 0.3) is 0 Å². The van der Waals surface area contributed by atoms with Gasteiger partial charge in [0.15, 0.2) is 0 Å². The van der Waals surface area contributed by atoms with E-state index in [1.165, 1.54) is 10.9 Å². The average Bonchev–Trinajstić information content (AvgIpc) is 2.88. The first kappa shape index (κ1) is 14.5. The normalized spacial score (nSPS) is 12.6. The minimum atomic E-state index is -0.393. The third-order valence-electron chi connectivity index (χ3n) is 3.00. The zero-order chi connectivity index (χ0) is 13.8. The van der Waals surface area contributed by atoms with Gasteiger partial charge in [-0.05, 0) is 42.7 Å². The fraction of sp³-hybridized carbons (Fsp3) is 0.286. The van der Waals surface area contributed by atoms with Gasteiger partial charge in [0.2, 0.25) is 0 Å². The highest BCUT2D eigenvalue weighted by Gasteiger charge is 2.14. The van der Waals surface area contributed by atoms with Crippen LogP contribution in [0.1, 0.15) is 28.3 Å². The molecule has 3 N–H and O–H groups in total. The molecule has 1 heterocycles. The van der Waals surface area contributed by atoms with Crippen LogP contribution in [0, 0.1) is 5.82 Å². The molecular formula is C14H16ClFN2S. The van der Waals surface area contributed by atoms with Crippen LogP contribution in [-0.4, -0.2) is 0 Å². The van der Waals surface area contributed by atoms with Crippen LogP contribution in [0.3, 0.4) is 0 Å². The summed E-state index contributed by atoms with van der Waals surface area (Å²) in [5.74, 6) is 5.21. The van der Waals surface area contributed by atoms with Crippen molar-refractivity contribution < 1.29 is 4.39 Å². The first-order chi connectivity index (χ1) is 9.13. The smallest absolute Gasteiger partial charge is 0.142 e. The molecule has 0 bridgehead atoms. The number of rotatable bonds is 5. The predicted molar refractivity (Wildman–Crippen MR) is 78.9 cm³/mol. The van der Waals surface area contributed by atoms with Crippen molar-refractivity contribution in [3.63, 3.8) is 0 Å². The largest absolute Gasteiger partial charge is 0.271 e. The second-order valence-corrected chi connectivity index (χ2v) is 5.94. The molecule has 0 saturated heterocycles. The van der Waals surface area contributed by atoms with Crippen LogP contribution >= 0.6 is 22.9 Å². The molecule has 0 aliphatic heterocycles. The minimum Gasteiger partial charge on any atom is -0.271 e. The molecule has 0 amide bonds. The lowest BCUT2D eigenvalue weighted by atomic mass is 10.1. The monoisotopic (exact) mass is 298 g/mol. The molecule has 0 fully saturated rings. The Morgan fingerprint density at radius 1 is 1.37 bits per heavy atom. The summed E-state index contributed by atoms with van der Waals surface area (Å²) >= 11 is 7.41. The van der Waals surface area contributed by atoms with Gasteiger partial charge >= 0.3 is 0 Å². The summed E-state index contributed by atoms with van der Waals surface area (Å²) in [4.78, 5) is 2.48. The summed E-state index contributed by atoms with van der Waals surface area (Å²) in [5, 5.41) is 0.144. The molecule has 19 heavy (non-hydrogen) atoms. The molecular weight excluding hydrogens is 283 g/mol. The Balaban J connectivity index is 2.16. The Morgan fingerprint density at radius 3 is 2.74 bits per heavy atom. The lowest BCUT2D eigenvalue weighted by Crippen LogP contribution is -2.28. The van der Waals surface area contributed by atoms with Crippen LogP contribution < -0.4 is 11.3 Å². The third kappa shape index (κ3) is 3.54.